The van der Waals surface area contributed by atoms with E-state index in [9.17, 15) is 0 Å². The molecule has 1 nitrogen and oxygen atoms in total. The molecule has 53 valence electrons. The van der Waals surface area contributed by atoms with Gasteiger partial charge in [-0.1, -0.05) is 20.3 Å². The zero-order valence-corrected chi connectivity index (χ0v) is 6.26. The molecule has 0 aromatic heterocycles. The second kappa shape index (κ2) is 3.21. The predicted molar refractivity (Wildman–Crippen MR) is 38.1 cm³/mol. The van der Waals surface area contributed by atoms with Crippen molar-refractivity contribution < 1.29 is 4.74 Å². The van der Waals surface area contributed by atoms with Gasteiger partial charge in [0, 0.05) is 6.61 Å². The fraction of sp³-hybridized carbons (Fsp3) is 0.875. The number of hydrogen-bond acceptors (Lipinski definition) is 1. The minimum absolute atomic E-state index is 0.486. The maximum absolute atomic E-state index is 5.25. The molecule has 1 radical (unpaired) electrons. The van der Waals surface area contributed by atoms with Crippen molar-refractivity contribution in [2.75, 3.05) is 6.61 Å². The van der Waals surface area contributed by atoms with Gasteiger partial charge in [0.1, 0.15) is 0 Å². The van der Waals surface area contributed by atoms with Crippen LogP contribution in [0.5, 0.6) is 0 Å². The van der Waals surface area contributed by atoms with E-state index in [0.717, 1.165) is 12.5 Å². The molecule has 1 saturated heterocycles. The molecule has 1 heteroatoms. The molecule has 0 aliphatic carbocycles. The van der Waals surface area contributed by atoms with E-state index in [1.165, 1.54) is 12.8 Å². The lowest BCUT2D eigenvalue weighted by Gasteiger charge is -2.28. The predicted octanol–water partition coefficient (Wildman–Crippen LogP) is 2.03. The van der Waals surface area contributed by atoms with Gasteiger partial charge in [-0.15, -0.1) is 0 Å². The van der Waals surface area contributed by atoms with Gasteiger partial charge >= 0.3 is 0 Å². The maximum Gasteiger partial charge on any atom is 0.0631 e. The van der Waals surface area contributed by atoms with Crippen LogP contribution in [0.2, 0.25) is 0 Å². The average Bonchev–Trinajstić information content (AvgIpc) is 1.78. The first-order valence-corrected chi connectivity index (χ1v) is 3.79. The highest BCUT2D eigenvalue weighted by molar-refractivity contribution is 4.85. The van der Waals surface area contributed by atoms with E-state index in [1.54, 1.807) is 0 Å². The first-order valence-electron chi connectivity index (χ1n) is 3.79. The first kappa shape index (κ1) is 7.07. The summed E-state index contributed by atoms with van der Waals surface area (Å²) >= 11 is 0. The quantitative estimate of drug-likeness (QED) is 0.563. The van der Waals surface area contributed by atoms with Crippen molar-refractivity contribution in [3.8, 4) is 0 Å². The molecule has 1 aliphatic heterocycles. The summed E-state index contributed by atoms with van der Waals surface area (Å²) in [6.45, 7) is 5.42. The van der Waals surface area contributed by atoms with Gasteiger partial charge in [-0.2, -0.15) is 0 Å². The summed E-state index contributed by atoms with van der Waals surface area (Å²) < 4.78 is 5.25. The van der Waals surface area contributed by atoms with Crippen LogP contribution in [0.4, 0.5) is 0 Å². The van der Waals surface area contributed by atoms with Crippen LogP contribution in [-0.4, -0.2) is 12.7 Å². The highest BCUT2D eigenvalue weighted by atomic mass is 16.5. The molecule has 2 unspecified atom stereocenters. The van der Waals surface area contributed by atoms with Crippen molar-refractivity contribution in [1.29, 1.82) is 0 Å². The normalized spacial score (nSPS) is 29.3. The van der Waals surface area contributed by atoms with Gasteiger partial charge < -0.3 is 4.74 Å². The van der Waals surface area contributed by atoms with E-state index in [1.807, 2.05) is 0 Å². The average molecular weight is 127 g/mol. The second-order valence-electron chi connectivity index (χ2n) is 2.78. The summed E-state index contributed by atoms with van der Waals surface area (Å²) in [5.74, 6) is 0.732. The Morgan fingerprint density at radius 3 is 2.78 bits per heavy atom. The molecule has 2 atom stereocenters. The van der Waals surface area contributed by atoms with Gasteiger partial charge in [0.25, 0.3) is 0 Å². The van der Waals surface area contributed by atoms with Crippen molar-refractivity contribution in [1.82, 2.24) is 0 Å². The molecule has 1 aliphatic rings. The lowest BCUT2D eigenvalue weighted by molar-refractivity contribution is -0.0341. The van der Waals surface area contributed by atoms with Crippen LogP contribution >= 0.6 is 0 Å². The summed E-state index contributed by atoms with van der Waals surface area (Å²) in [6, 6.07) is 0. The molecule has 9 heavy (non-hydrogen) atoms. The van der Waals surface area contributed by atoms with Crippen molar-refractivity contribution in [3.05, 3.63) is 6.42 Å². The smallest absolute Gasteiger partial charge is 0.0631 e. The Morgan fingerprint density at radius 1 is 1.78 bits per heavy atom. The van der Waals surface area contributed by atoms with E-state index in [4.69, 9.17) is 4.74 Å². The summed E-state index contributed by atoms with van der Waals surface area (Å²) in [7, 11) is 0. The Hall–Kier alpha value is -0.0400. The van der Waals surface area contributed by atoms with Crippen molar-refractivity contribution in [3.63, 3.8) is 0 Å². The molecule has 0 N–H and O–H groups in total. The van der Waals surface area contributed by atoms with Gasteiger partial charge in [0.05, 0.1) is 6.10 Å². The zero-order valence-electron chi connectivity index (χ0n) is 6.26. The minimum Gasteiger partial charge on any atom is -0.378 e. The lowest BCUT2D eigenvalue weighted by atomic mass is 9.97. The van der Waals surface area contributed by atoms with Gasteiger partial charge in [0.2, 0.25) is 0 Å². The molecule has 1 heterocycles. The van der Waals surface area contributed by atoms with Gasteiger partial charge in [-0.05, 0) is 18.8 Å². The molecule has 0 saturated carbocycles. The van der Waals surface area contributed by atoms with Crippen molar-refractivity contribution in [2.45, 2.75) is 32.8 Å². The van der Waals surface area contributed by atoms with Crippen LogP contribution < -0.4 is 0 Å². The molecule has 0 amide bonds. The Kier molecular flexibility index (Phi) is 2.52. The highest BCUT2D eigenvalue weighted by Gasteiger charge is 2.19. The zero-order chi connectivity index (χ0) is 6.69. The minimum atomic E-state index is 0.486. The van der Waals surface area contributed by atoms with Gasteiger partial charge in [0.15, 0.2) is 0 Å². The molecular formula is C8H15O. The third-order valence-electron chi connectivity index (χ3n) is 1.92. The van der Waals surface area contributed by atoms with Gasteiger partial charge in [-0.3, -0.25) is 0 Å². The number of ether oxygens (including phenoxy) is 1. The van der Waals surface area contributed by atoms with E-state index >= 15 is 0 Å². The molecular weight excluding hydrogens is 112 g/mol. The van der Waals surface area contributed by atoms with Crippen LogP contribution in [-0.2, 0) is 4.74 Å². The fourth-order valence-electron chi connectivity index (χ4n) is 0.908. The summed E-state index contributed by atoms with van der Waals surface area (Å²) in [5, 5.41) is 0. The highest BCUT2D eigenvalue weighted by Crippen LogP contribution is 2.19. The van der Waals surface area contributed by atoms with Crippen LogP contribution in [0.15, 0.2) is 0 Å². The molecule has 0 aromatic rings. The Balaban J connectivity index is 2.01. The third-order valence-corrected chi connectivity index (χ3v) is 1.92. The molecule has 1 rings (SSSR count). The number of hydrogen-bond donors (Lipinski definition) is 0. The standard InChI is InChI=1S/C8H15O/c1-3-7(2)6-8-4-5-9-8/h6-8H,3-5H2,1-2H3. The van der Waals surface area contributed by atoms with Crippen LogP contribution in [0.25, 0.3) is 0 Å². The summed E-state index contributed by atoms with van der Waals surface area (Å²) in [4.78, 5) is 0. The SMILES string of the molecule is CCC(C)[CH]C1CCO1. The molecule has 0 spiro atoms. The topological polar surface area (TPSA) is 9.23 Å². The van der Waals surface area contributed by atoms with Crippen LogP contribution in [0, 0.1) is 12.3 Å². The van der Waals surface area contributed by atoms with E-state index in [-0.39, 0.29) is 0 Å². The van der Waals surface area contributed by atoms with Crippen LogP contribution in [0.3, 0.4) is 0 Å². The van der Waals surface area contributed by atoms with Gasteiger partial charge in [-0.25, -0.2) is 0 Å². The number of rotatable bonds is 3. The summed E-state index contributed by atoms with van der Waals surface area (Å²) in [5.41, 5.74) is 0. The molecule has 0 bridgehead atoms. The third kappa shape index (κ3) is 1.98. The maximum atomic E-state index is 5.25. The monoisotopic (exact) mass is 127 g/mol. The van der Waals surface area contributed by atoms with Crippen LogP contribution in [0.1, 0.15) is 26.7 Å². The Labute approximate surface area is 57.4 Å². The van der Waals surface area contributed by atoms with Crippen molar-refractivity contribution in [2.24, 2.45) is 5.92 Å². The second-order valence-corrected chi connectivity index (χ2v) is 2.78. The van der Waals surface area contributed by atoms with Crippen molar-refractivity contribution >= 4 is 0 Å². The van der Waals surface area contributed by atoms with E-state index < -0.39 is 0 Å². The largest absolute Gasteiger partial charge is 0.378 e. The Bertz CT molecular complexity index is 73.9. The molecule has 0 aromatic carbocycles. The van der Waals surface area contributed by atoms with E-state index in [2.05, 4.69) is 20.3 Å². The summed E-state index contributed by atoms with van der Waals surface area (Å²) in [6.07, 6.45) is 5.27. The first-order chi connectivity index (χ1) is 4.33. The Morgan fingerprint density at radius 2 is 2.44 bits per heavy atom. The fourth-order valence-corrected chi connectivity index (χ4v) is 0.908. The lowest BCUT2D eigenvalue weighted by Crippen LogP contribution is -2.28. The van der Waals surface area contributed by atoms with E-state index in [0.29, 0.717) is 6.10 Å². The molecule has 1 fully saturated rings.